The number of piperazine rings is 1. The van der Waals surface area contributed by atoms with Gasteiger partial charge in [-0.3, -0.25) is 4.79 Å². The highest BCUT2D eigenvalue weighted by Crippen LogP contribution is 2.28. The number of amides is 1. The van der Waals surface area contributed by atoms with Crippen LogP contribution in [0.3, 0.4) is 0 Å². The summed E-state index contributed by atoms with van der Waals surface area (Å²) in [6, 6.07) is 25.0. The average molecular weight is 543 g/mol. The van der Waals surface area contributed by atoms with Crippen molar-refractivity contribution in [1.82, 2.24) is 14.7 Å². The van der Waals surface area contributed by atoms with Gasteiger partial charge in [-0.15, -0.1) is 0 Å². The van der Waals surface area contributed by atoms with Crippen LogP contribution in [0.4, 0.5) is 10.1 Å². The van der Waals surface area contributed by atoms with Crippen LogP contribution in [0.2, 0.25) is 0 Å². The fourth-order valence-electron chi connectivity index (χ4n) is 4.73. The summed E-state index contributed by atoms with van der Waals surface area (Å²) >= 11 is 0. The summed E-state index contributed by atoms with van der Waals surface area (Å²) < 4.78 is 26.5. The number of esters is 1. The van der Waals surface area contributed by atoms with Crippen LogP contribution in [0.1, 0.15) is 24.3 Å². The molecule has 1 aliphatic rings. The van der Waals surface area contributed by atoms with Crippen LogP contribution in [0.25, 0.3) is 16.9 Å². The zero-order valence-corrected chi connectivity index (χ0v) is 22.5. The number of para-hydroxylation sites is 1. The van der Waals surface area contributed by atoms with Crippen LogP contribution >= 0.6 is 0 Å². The maximum atomic E-state index is 14.0. The molecule has 1 atom stereocenters. The number of hydrogen-bond acceptors (Lipinski definition) is 6. The summed E-state index contributed by atoms with van der Waals surface area (Å²) in [5.74, 6) is -0.283. The van der Waals surface area contributed by atoms with E-state index in [4.69, 9.17) is 9.47 Å². The molecule has 0 unspecified atom stereocenters. The van der Waals surface area contributed by atoms with E-state index in [-0.39, 0.29) is 18.2 Å². The van der Waals surface area contributed by atoms with Gasteiger partial charge in [0.15, 0.2) is 11.8 Å². The molecule has 0 spiro atoms. The lowest BCUT2D eigenvalue weighted by Gasteiger charge is -2.37. The van der Waals surface area contributed by atoms with E-state index in [1.807, 2.05) is 59.5 Å². The minimum absolute atomic E-state index is 0.0261. The summed E-state index contributed by atoms with van der Waals surface area (Å²) in [7, 11) is 0. The first kappa shape index (κ1) is 26.9. The monoisotopic (exact) mass is 542 g/mol. The summed E-state index contributed by atoms with van der Waals surface area (Å²) in [6.07, 6.45) is -0.560. The number of nitrogens with zero attached hydrogens (tertiary/aromatic N) is 4. The van der Waals surface area contributed by atoms with E-state index in [0.29, 0.717) is 43.3 Å². The molecule has 0 bridgehead atoms. The van der Waals surface area contributed by atoms with Crippen LogP contribution in [0.15, 0.2) is 84.9 Å². The Labute approximate surface area is 232 Å². The van der Waals surface area contributed by atoms with E-state index in [1.54, 1.807) is 36.7 Å². The van der Waals surface area contributed by atoms with Crippen molar-refractivity contribution in [3.8, 4) is 22.7 Å². The van der Waals surface area contributed by atoms with Gasteiger partial charge in [-0.25, -0.2) is 13.9 Å². The fourth-order valence-corrected chi connectivity index (χ4v) is 4.73. The summed E-state index contributed by atoms with van der Waals surface area (Å²) in [5, 5.41) is 4.41. The number of rotatable bonds is 8. The van der Waals surface area contributed by atoms with Gasteiger partial charge in [-0.2, -0.15) is 5.10 Å². The van der Waals surface area contributed by atoms with E-state index < -0.39 is 17.9 Å². The SMILES string of the molecule is CCOC(=O)c1cc(-c2ccc(N3CCN(C(=O)[C@H](C)Oc4ccccc4)CC3)cc2)n(-c2cccc(F)c2)n1. The van der Waals surface area contributed by atoms with Gasteiger partial charge in [-0.05, 0) is 62.4 Å². The van der Waals surface area contributed by atoms with Crippen molar-refractivity contribution in [2.45, 2.75) is 20.0 Å². The second-order valence-corrected chi connectivity index (χ2v) is 9.46. The molecule has 206 valence electrons. The third-order valence-electron chi connectivity index (χ3n) is 6.77. The van der Waals surface area contributed by atoms with Gasteiger partial charge in [-0.1, -0.05) is 36.4 Å². The van der Waals surface area contributed by atoms with Crippen molar-refractivity contribution in [1.29, 1.82) is 0 Å². The Kier molecular flexibility index (Phi) is 8.10. The zero-order valence-electron chi connectivity index (χ0n) is 22.5. The maximum Gasteiger partial charge on any atom is 0.358 e. The molecule has 1 aliphatic heterocycles. The lowest BCUT2D eigenvalue weighted by Crippen LogP contribution is -2.52. The molecule has 8 nitrogen and oxygen atoms in total. The predicted octanol–water partition coefficient (Wildman–Crippen LogP) is 4.97. The zero-order chi connectivity index (χ0) is 28.1. The number of aromatic nitrogens is 2. The van der Waals surface area contributed by atoms with Gasteiger partial charge in [0.1, 0.15) is 11.6 Å². The lowest BCUT2D eigenvalue weighted by atomic mass is 10.1. The first-order valence-corrected chi connectivity index (χ1v) is 13.3. The molecule has 5 rings (SSSR count). The Morgan fingerprint density at radius 1 is 0.900 bits per heavy atom. The van der Waals surface area contributed by atoms with Crippen LogP contribution in [0, 0.1) is 5.82 Å². The van der Waals surface area contributed by atoms with Crippen molar-refractivity contribution in [3.63, 3.8) is 0 Å². The molecule has 1 aromatic heterocycles. The third-order valence-corrected chi connectivity index (χ3v) is 6.77. The summed E-state index contributed by atoms with van der Waals surface area (Å²) in [6.45, 7) is 6.32. The highest BCUT2D eigenvalue weighted by Gasteiger charge is 2.26. The molecule has 9 heteroatoms. The van der Waals surface area contributed by atoms with Crippen LogP contribution < -0.4 is 9.64 Å². The normalized spacial score (nSPS) is 14.1. The molecule has 1 amide bonds. The Hall–Kier alpha value is -4.66. The smallest absolute Gasteiger partial charge is 0.358 e. The Morgan fingerprint density at radius 3 is 2.30 bits per heavy atom. The third kappa shape index (κ3) is 5.98. The number of carbonyl (C=O) groups excluding carboxylic acids is 2. The van der Waals surface area contributed by atoms with Gasteiger partial charge in [0.2, 0.25) is 0 Å². The molecule has 0 aliphatic carbocycles. The number of carbonyl (C=O) groups is 2. The van der Waals surface area contributed by atoms with E-state index >= 15 is 0 Å². The highest BCUT2D eigenvalue weighted by atomic mass is 19.1. The molecule has 0 saturated carbocycles. The molecule has 3 aromatic carbocycles. The van der Waals surface area contributed by atoms with Gasteiger partial charge >= 0.3 is 5.97 Å². The Bertz CT molecular complexity index is 1460. The molecule has 1 saturated heterocycles. The molecule has 1 fully saturated rings. The molecule has 0 N–H and O–H groups in total. The summed E-state index contributed by atoms with van der Waals surface area (Å²) in [4.78, 5) is 29.4. The van der Waals surface area contributed by atoms with Crippen molar-refractivity contribution in [3.05, 3.63) is 96.4 Å². The standard InChI is InChI=1S/C31H31FN4O4/c1-3-39-31(38)28-21-29(36(33-28)26-9-7-8-24(32)20-26)23-12-14-25(15-13-23)34-16-18-35(19-17-34)30(37)22(2)40-27-10-5-4-6-11-27/h4-15,20-22H,3,16-19H2,1-2H3/t22-/m0/s1. The fraction of sp³-hybridized carbons (Fsp3) is 0.258. The maximum absolute atomic E-state index is 14.0. The largest absolute Gasteiger partial charge is 0.481 e. The van der Waals surface area contributed by atoms with Crippen LogP contribution in [-0.4, -0.2) is 65.4 Å². The number of halogens is 1. The molecule has 2 heterocycles. The number of anilines is 1. The minimum atomic E-state index is -0.560. The Balaban J connectivity index is 1.28. The molecule has 4 aromatic rings. The molecule has 0 radical (unpaired) electrons. The average Bonchev–Trinajstić information content (AvgIpc) is 3.44. The van der Waals surface area contributed by atoms with Gasteiger partial charge in [0, 0.05) is 37.4 Å². The van der Waals surface area contributed by atoms with Gasteiger partial charge in [0.05, 0.1) is 18.0 Å². The van der Waals surface area contributed by atoms with E-state index in [0.717, 1.165) is 11.3 Å². The van der Waals surface area contributed by atoms with Crippen molar-refractivity contribution in [2.24, 2.45) is 0 Å². The quantitative estimate of drug-likeness (QED) is 0.293. The van der Waals surface area contributed by atoms with Crippen molar-refractivity contribution < 1.29 is 23.5 Å². The predicted molar refractivity (Wildman–Crippen MR) is 150 cm³/mol. The molecular weight excluding hydrogens is 511 g/mol. The summed E-state index contributed by atoms with van der Waals surface area (Å²) in [5.41, 5.74) is 3.13. The first-order chi connectivity index (χ1) is 19.4. The van der Waals surface area contributed by atoms with E-state index in [2.05, 4.69) is 10.00 Å². The van der Waals surface area contributed by atoms with Crippen LogP contribution in [-0.2, 0) is 9.53 Å². The van der Waals surface area contributed by atoms with E-state index in [9.17, 15) is 14.0 Å². The topological polar surface area (TPSA) is 76.9 Å². The van der Waals surface area contributed by atoms with Gasteiger partial charge in [0.25, 0.3) is 5.91 Å². The second-order valence-electron chi connectivity index (χ2n) is 9.46. The second kappa shape index (κ2) is 12.0. The molecular formula is C31H31FN4O4. The van der Waals surface area contributed by atoms with Crippen molar-refractivity contribution in [2.75, 3.05) is 37.7 Å². The van der Waals surface area contributed by atoms with Gasteiger partial charge < -0.3 is 19.3 Å². The number of benzene rings is 3. The number of ether oxygens (including phenoxy) is 2. The first-order valence-electron chi connectivity index (χ1n) is 13.3. The van der Waals surface area contributed by atoms with Crippen LogP contribution in [0.5, 0.6) is 5.75 Å². The van der Waals surface area contributed by atoms with Crippen molar-refractivity contribution >= 4 is 17.6 Å². The van der Waals surface area contributed by atoms with E-state index in [1.165, 1.54) is 12.1 Å². The molecule has 40 heavy (non-hydrogen) atoms. The minimum Gasteiger partial charge on any atom is -0.481 e. The Morgan fingerprint density at radius 2 is 1.62 bits per heavy atom. The lowest BCUT2D eigenvalue weighted by molar-refractivity contribution is -0.138. The highest BCUT2D eigenvalue weighted by molar-refractivity contribution is 5.89. The number of hydrogen-bond donors (Lipinski definition) is 0.